The zero-order valence-corrected chi connectivity index (χ0v) is 4.29. The first-order chi connectivity index (χ1) is 3.80. The quantitative estimate of drug-likeness (QED) is 0.407. The Labute approximate surface area is 46.6 Å². The van der Waals surface area contributed by atoms with E-state index in [9.17, 15) is 4.79 Å². The lowest BCUT2D eigenvalue weighted by atomic mass is 10.5. The van der Waals surface area contributed by atoms with E-state index < -0.39 is 12.2 Å². The summed E-state index contributed by atoms with van der Waals surface area (Å²) in [7, 11) is 0. The summed E-state index contributed by atoms with van der Waals surface area (Å²) in [5.41, 5.74) is 5.08. The van der Waals surface area contributed by atoms with Gasteiger partial charge in [0.2, 0.25) is 6.23 Å². The molecule has 8 heavy (non-hydrogen) atoms. The van der Waals surface area contributed by atoms with Crippen LogP contribution in [-0.2, 0) is 14.3 Å². The number of carbonyl (C=O) groups is 1. The zero-order chi connectivity index (χ0) is 5.98. The number of esters is 1. The first-order valence-corrected chi connectivity index (χ1v) is 2.34. The minimum Gasteiger partial charge on any atom is -0.460 e. The molecule has 1 heterocycles. The fourth-order valence-corrected chi connectivity index (χ4v) is 0.468. The molecule has 1 atom stereocenters. The van der Waals surface area contributed by atoms with Crippen LogP contribution in [0.1, 0.15) is 0 Å². The summed E-state index contributed by atoms with van der Waals surface area (Å²) in [6, 6.07) is 0. The number of carbonyl (C=O) groups excluding carboxylic acids is 1. The average Bonchev–Trinajstić information content (AvgIpc) is 1.77. The highest BCUT2D eigenvalue weighted by Crippen LogP contribution is 1.94. The van der Waals surface area contributed by atoms with Crippen LogP contribution in [0.25, 0.3) is 0 Å². The lowest BCUT2D eigenvalue weighted by Gasteiger charge is -2.16. The van der Waals surface area contributed by atoms with E-state index in [1.807, 2.05) is 0 Å². The molecule has 0 amide bonds. The Bertz CT molecular complexity index is 103. The number of hydrogen-bond acceptors (Lipinski definition) is 4. The van der Waals surface area contributed by atoms with Crippen molar-refractivity contribution < 1.29 is 14.3 Å². The molecule has 0 aromatic heterocycles. The maximum Gasteiger partial charge on any atom is 0.350 e. The molecule has 0 bridgehead atoms. The van der Waals surface area contributed by atoms with Gasteiger partial charge < -0.3 is 9.47 Å². The van der Waals surface area contributed by atoms with E-state index in [0.717, 1.165) is 0 Å². The van der Waals surface area contributed by atoms with Crippen molar-refractivity contribution in [3.05, 3.63) is 0 Å². The lowest BCUT2D eigenvalue weighted by Crippen LogP contribution is -2.40. The standard InChI is InChI=1S/C4H7NO3/c5-3-4(6)8-2-1-7-3/h3H,1-2,5H2. The Balaban J connectivity index is 2.39. The highest BCUT2D eigenvalue weighted by atomic mass is 16.6. The molecule has 46 valence electrons. The molecule has 0 aromatic carbocycles. The third-order valence-electron chi connectivity index (χ3n) is 0.857. The van der Waals surface area contributed by atoms with Gasteiger partial charge in [0.05, 0.1) is 6.61 Å². The van der Waals surface area contributed by atoms with Crippen molar-refractivity contribution >= 4 is 5.97 Å². The lowest BCUT2D eigenvalue weighted by molar-refractivity contribution is -0.170. The molecule has 0 aromatic rings. The van der Waals surface area contributed by atoms with Gasteiger partial charge in [0.1, 0.15) is 6.61 Å². The topological polar surface area (TPSA) is 61.6 Å². The highest BCUT2D eigenvalue weighted by molar-refractivity contribution is 5.74. The molecule has 0 saturated carbocycles. The third-order valence-corrected chi connectivity index (χ3v) is 0.857. The fourth-order valence-electron chi connectivity index (χ4n) is 0.468. The van der Waals surface area contributed by atoms with Gasteiger partial charge in [-0.05, 0) is 0 Å². The van der Waals surface area contributed by atoms with Crippen molar-refractivity contribution in [1.29, 1.82) is 0 Å². The van der Waals surface area contributed by atoms with Crippen molar-refractivity contribution in [2.24, 2.45) is 5.73 Å². The van der Waals surface area contributed by atoms with Crippen molar-refractivity contribution in [3.8, 4) is 0 Å². The molecule has 0 aliphatic carbocycles. The van der Waals surface area contributed by atoms with Gasteiger partial charge in [0.25, 0.3) is 0 Å². The van der Waals surface area contributed by atoms with E-state index in [0.29, 0.717) is 13.2 Å². The van der Waals surface area contributed by atoms with E-state index in [4.69, 9.17) is 10.5 Å². The minimum absolute atomic E-state index is 0.326. The van der Waals surface area contributed by atoms with Crippen LogP contribution >= 0.6 is 0 Å². The summed E-state index contributed by atoms with van der Waals surface area (Å²) in [4.78, 5) is 10.3. The van der Waals surface area contributed by atoms with E-state index in [-0.39, 0.29) is 0 Å². The molecule has 1 fully saturated rings. The van der Waals surface area contributed by atoms with Gasteiger partial charge in [0, 0.05) is 0 Å². The van der Waals surface area contributed by atoms with Crippen LogP contribution < -0.4 is 5.73 Å². The second-order valence-electron chi connectivity index (χ2n) is 1.46. The maximum atomic E-state index is 10.3. The summed E-state index contributed by atoms with van der Waals surface area (Å²) < 4.78 is 9.19. The maximum absolute atomic E-state index is 10.3. The summed E-state index contributed by atoms with van der Waals surface area (Å²) in [6.45, 7) is 0.736. The molecule has 1 unspecified atom stereocenters. The zero-order valence-electron chi connectivity index (χ0n) is 4.29. The fraction of sp³-hybridized carbons (Fsp3) is 0.750. The molecule has 1 saturated heterocycles. The molecular formula is C4H7NO3. The smallest absolute Gasteiger partial charge is 0.350 e. The van der Waals surface area contributed by atoms with Gasteiger partial charge in [-0.1, -0.05) is 0 Å². The van der Waals surface area contributed by atoms with Gasteiger partial charge in [0.15, 0.2) is 0 Å². The Kier molecular flexibility index (Phi) is 1.45. The van der Waals surface area contributed by atoms with E-state index in [1.54, 1.807) is 0 Å². The second kappa shape index (κ2) is 2.11. The van der Waals surface area contributed by atoms with Crippen molar-refractivity contribution in [2.45, 2.75) is 6.23 Å². The van der Waals surface area contributed by atoms with Crippen molar-refractivity contribution in [3.63, 3.8) is 0 Å². The van der Waals surface area contributed by atoms with Gasteiger partial charge in [-0.3, -0.25) is 5.73 Å². The Morgan fingerprint density at radius 2 is 2.38 bits per heavy atom. The van der Waals surface area contributed by atoms with Crippen molar-refractivity contribution in [1.82, 2.24) is 0 Å². The summed E-state index contributed by atoms with van der Waals surface area (Å²) >= 11 is 0. The highest BCUT2D eigenvalue weighted by Gasteiger charge is 2.19. The molecule has 0 radical (unpaired) electrons. The average molecular weight is 117 g/mol. The number of hydrogen-bond donors (Lipinski definition) is 1. The van der Waals surface area contributed by atoms with Crippen LogP contribution in [-0.4, -0.2) is 25.4 Å². The number of cyclic esters (lactones) is 1. The van der Waals surface area contributed by atoms with Crippen LogP contribution in [0.2, 0.25) is 0 Å². The number of nitrogens with two attached hydrogens (primary N) is 1. The predicted molar refractivity (Wildman–Crippen MR) is 24.9 cm³/mol. The van der Waals surface area contributed by atoms with Crippen LogP contribution in [0.3, 0.4) is 0 Å². The van der Waals surface area contributed by atoms with Gasteiger partial charge in [-0.25, -0.2) is 4.79 Å². The van der Waals surface area contributed by atoms with Gasteiger partial charge in [-0.2, -0.15) is 0 Å². The van der Waals surface area contributed by atoms with Crippen LogP contribution in [0.4, 0.5) is 0 Å². The first-order valence-electron chi connectivity index (χ1n) is 2.34. The van der Waals surface area contributed by atoms with Crippen LogP contribution in [0, 0.1) is 0 Å². The first kappa shape index (κ1) is 5.53. The largest absolute Gasteiger partial charge is 0.460 e. The number of ether oxygens (including phenoxy) is 2. The van der Waals surface area contributed by atoms with E-state index in [1.165, 1.54) is 0 Å². The van der Waals surface area contributed by atoms with Crippen LogP contribution in [0.5, 0.6) is 0 Å². The van der Waals surface area contributed by atoms with E-state index in [2.05, 4.69) is 4.74 Å². The predicted octanol–water partition coefficient (Wildman–Crippen LogP) is -1.16. The summed E-state index contributed by atoms with van der Waals surface area (Å²) in [6.07, 6.45) is -0.858. The molecule has 2 N–H and O–H groups in total. The monoisotopic (exact) mass is 117 g/mol. The normalized spacial score (nSPS) is 29.6. The molecule has 1 aliphatic heterocycles. The molecule has 1 aliphatic rings. The molecule has 4 heteroatoms. The SMILES string of the molecule is NC1OCCOC1=O. The minimum atomic E-state index is -0.858. The van der Waals surface area contributed by atoms with Gasteiger partial charge >= 0.3 is 5.97 Å². The molecule has 0 spiro atoms. The summed E-state index contributed by atoms with van der Waals surface area (Å²) in [5, 5.41) is 0. The van der Waals surface area contributed by atoms with Crippen molar-refractivity contribution in [2.75, 3.05) is 13.2 Å². The number of rotatable bonds is 0. The Hall–Kier alpha value is -0.610. The summed E-state index contributed by atoms with van der Waals surface area (Å²) in [5.74, 6) is -0.476. The van der Waals surface area contributed by atoms with Gasteiger partial charge in [-0.15, -0.1) is 0 Å². The molecule has 1 rings (SSSR count). The second-order valence-corrected chi connectivity index (χ2v) is 1.46. The van der Waals surface area contributed by atoms with Crippen LogP contribution in [0.15, 0.2) is 0 Å². The third kappa shape index (κ3) is 0.962. The molecule has 4 nitrogen and oxygen atoms in total. The van der Waals surface area contributed by atoms with E-state index >= 15 is 0 Å². The Morgan fingerprint density at radius 3 is 2.75 bits per heavy atom. The Morgan fingerprint density at radius 1 is 1.62 bits per heavy atom. The molecular weight excluding hydrogens is 110 g/mol.